The maximum atomic E-state index is 12.7. The van der Waals surface area contributed by atoms with E-state index in [0.29, 0.717) is 13.0 Å². The van der Waals surface area contributed by atoms with Crippen LogP contribution in [0.4, 0.5) is 4.79 Å². The number of aryl methyl sites for hydroxylation is 1. The second kappa shape index (κ2) is 9.18. The molecular weight excluding hydrogens is 384 g/mol. The molecule has 0 aliphatic rings. The summed E-state index contributed by atoms with van der Waals surface area (Å²) < 4.78 is 26.3. The second-order valence-electron chi connectivity index (χ2n) is 6.09. The molecule has 0 spiro atoms. The lowest BCUT2D eigenvalue weighted by Gasteiger charge is -2.15. The third kappa shape index (κ3) is 5.43. The Balaban J connectivity index is 2.17. The highest BCUT2D eigenvalue weighted by Crippen LogP contribution is 2.15. The molecule has 0 unspecified atom stereocenters. The quantitative estimate of drug-likeness (QED) is 0.425. The van der Waals surface area contributed by atoms with Gasteiger partial charge in [0.05, 0.1) is 10.6 Å². The molecule has 1 aromatic carbocycles. The Hall–Kier alpha value is -3.14. The normalized spacial score (nSPS) is 12.2. The van der Waals surface area contributed by atoms with Crippen molar-refractivity contribution in [2.24, 2.45) is 0 Å². The molecule has 0 saturated carbocycles. The number of aromatic nitrogens is 2. The molecule has 1 aromatic heterocycles. The van der Waals surface area contributed by atoms with Crippen LogP contribution >= 0.6 is 0 Å². The van der Waals surface area contributed by atoms with Crippen LogP contribution in [0.25, 0.3) is 0 Å². The van der Waals surface area contributed by atoms with Gasteiger partial charge < -0.3 is 15.7 Å². The van der Waals surface area contributed by atoms with Crippen LogP contribution in [0, 0.1) is 6.92 Å². The minimum absolute atomic E-state index is 0.0946. The summed E-state index contributed by atoms with van der Waals surface area (Å²) in [5.74, 6) is -0.528. The first kappa shape index (κ1) is 21.2. The van der Waals surface area contributed by atoms with E-state index in [1.165, 1.54) is 18.3 Å². The Morgan fingerprint density at radius 1 is 1.32 bits per heavy atom. The van der Waals surface area contributed by atoms with Crippen LogP contribution in [0.3, 0.4) is 0 Å². The molecule has 0 saturated heterocycles. The Kier molecular flexibility index (Phi) is 6.94. The number of nitrogens with one attached hydrogen (secondary N) is 2. The topological polar surface area (TPSA) is 130 Å². The SMILES string of the molecule is C=CCCNC(=O)[C@H](Cc1cn(S(=O)(=O)c2ccc(C)cc2)cn1)NC(=O)O. The summed E-state index contributed by atoms with van der Waals surface area (Å²) >= 11 is 0. The monoisotopic (exact) mass is 406 g/mol. The van der Waals surface area contributed by atoms with Crippen LogP contribution in [0.15, 0.2) is 54.3 Å². The largest absolute Gasteiger partial charge is 0.465 e. The first-order chi connectivity index (χ1) is 13.2. The molecule has 0 bridgehead atoms. The van der Waals surface area contributed by atoms with Gasteiger partial charge in [0.2, 0.25) is 5.91 Å². The number of carbonyl (C=O) groups excluding carboxylic acids is 1. The van der Waals surface area contributed by atoms with Gasteiger partial charge in [0.1, 0.15) is 12.4 Å². The fourth-order valence-electron chi connectivity index (χ4n) is 2.40. The maximum absolute atomic E-state index is 12.7. The second-order valence-corrected chi connectivity index (χ2v) is 7.93. The van der Waals surface area contributed by atoms with Gasteiger partial charge in [-0.1, -0.05) is 23.8 Å². The summed E-state index contributed by atoms with van der Waals surface area (Å²) in [6.07, 6.45) is 3.09. The molecule has 28 heavy (non-hydrogen) atoms. The van der Waals surface area contributed by atoms with E-state index < -0.39 is 28.1 Å². The van der Waals surface area contributed by atoms with Crippen LogP contribution in [0.2, 0.25) is 0 Å². The number of nitrogens with zero attached hydrogens (tertiary/aromatic N) is 2. The zero-order valence-corrected chi connectivity index (χ0v) is 16.1. The molecule has 2 rings (SSSR count). The number of carboxylic acid groups (broad SMARTS) is 1. The van der Waals surface area contributed by atoms with Crippen molar-refractivity contribution in [2.75, 3.05) is 6.54 Å². The average Bonchev–Trinajstić information content (AvgIpc) is 3.11. The van der Waals surface area contributed by atoms with Crippen molar-refractivity contribution in [3.05, 3.63) is 60.7 Å². The smallest absolute Gasteiger partial charge is 0.405 e. The number of imidazole rings is 1. The van der Waals surface area contributed by atoms with Crippen molar-refractivity contribution in [3.63, 3.8) is 0 Å². The van der Waals surface area contributed by atoms with Crippen molar-refractivity contribution in [2.45, 2.75) is 30.7 Å². The molecule has 1 heterocycles. The Bertz CT molecular complexity index is 951. The van der Waals surface area contributed by atoms with Crippen LogP contribution in [-0.2, 0) is 21.2 Å². The molecule has 10 heteroatoms. The lowest BCUT2D eigenvalue weighted by molar-refractivity contribution is -0.123. The molecule has 1 atom stereocenters. The third-order valence-corrected chi connectivity index (χ3v) is 5.51. The predicted molar refractivity (Wildman–Crippen MR) is 102 cm³/mol. The van der Waals surface area contributed by atoms with Gasteiger partial charge in [-0.15, -0.1) is 6.58 Å². The van der Waals surface area contributed by atoms with Crippen molar-refractivity contribution in [3.8, 4) is 0 Å². The first-order valence-corrected chi connectivity index (χ1v) is 9.91. The number of amides is 2. The molecule has 2 amide bonds. The lowest BCUT2D eigenvalue weighted by atomic mass is 10.1. The minimum atomic E-state index is -3.83. The van der Waals surface area contributed by atoms with Crippen molar-refractivity contribution in [1.82, 2.24) is 19.6 Å². The van der Waals surface area contributed by atoms with Crippen molar-refractivity contribution < 1.29 is 23.1 Å². The number of benzene rings is 1. The zero-order chi connectivity index (χ0) is 20.7. The van der Waals surface area contributed by atoms with Gasteiger partial charge in [0.25, 0.3) is 10.0 Å². The van der Waals surface area contributed by atoms with E-state index >= 15 is 0 Å². The average molecular weight is 406 g/mol. The van der Waals surface area contributed by atoms with E-state index in [-0.39, 0.29) is 17.0 Å². The van der Waals surface area contributed by atoms with E-state index in [1.807, 2.05) is 6.92 Å². The standard InChI is InChI=1S/C18H22N4O5S/c1-3-4-9-19-17(23)16(21-18(24)25)10-14-11-22(12-20-14)28(26,27)15-7-5-13(2)6-8-15/h3,5-8,11-12,16,21H,1,4,9-10H2,2H3,(H,19,23)(H,24,25)/t16-/m0/s1. The van der Waals surface area contributed by atoms with E-state index in [9.17, 15) is 18.0 Å². The van der Waals surface area contributed by atoms with Gasteiger partial charge in [-0.25, -0.2) is 22.2 Å². The molecule has 0 radical (unpaired) electrons. The van der Waals surface area contributed by atoms with Gasteiger partial charge in [-0.05, 0) is 25.5 Å². The highest BCUT2D eigenvalue weighted by molar-refractivity contribution is 7.90. The summed E-state index contributed by atoms with van der Waals surface area (Å²) in [7, 11) is -3.83. The van der Waals surface area contributed by atoms with Gasteiger partial charge in [0.15, 0.2) is 0 Å². The fraction of sp³-hybridized carbons (Fsp3) is 0.278. The first-order valence-electron chi connectivity index (χ1n) is 8.47. The predicted octanol–water partition coefficient (Wildman–Crippen LogP) is 1.30. The summed E-state index contributed by atoms with van der Waals surface area (Å²) in [4.78, 5) is 27.3. The number of hydrogen-bond donors (Lipinski definition) is 3. The molecule has 0 aliphatic carbocycles. The zero-order valence-electron chi connectivity index (χ0n) is 15.3. The molecule has 2 aromatic rings. The van der Waals surface area contributed by atoms with Gasteiger partial charge >= 0.3 is 6.09 Å². The number of hydrogen-bond acceptors (Lipinski definition) is 5. The third-order valence-electron chi connectivity index (χ3n) is 3.89. The van der Waals surface area contributed by atoms with E-state index in [1.54, 1.807) is 18.2 Å². The molecular formula is C18H22N4O5S. The molecule has 150 valence electrons. The highest BCUT2D eigenvalue weighted by Gasteiger charge is 2.23. The lowest BCUT2D eigenvalue weighted by Crippen LogP contribution is -2.47. The molecule has 9 nitrogen and oxygen atoms in total. The van der Waals surface area contributed by atoms with Gasteiger partial charge in [0, 0.05) is 19.2 Å². The Labute approximate surface area is 163 Å². The van der Waals surface area contributed by atoms with Crippen molar-refractivity contribution >= 4 is 22.0 Å². The minimum Gasteiger partial charge on any atom is -0.465 e. The van der Waals surface area contributed by atoms with E-state index in [0.717, 1.165) is 15.9 Å². The summed E-state index contributed by atoms with van der Waals surface area (Å²) in [5.41, 5.74) is 1.18. The Morgan fingerprint density at radius 2 is 2.00 bits per heavy atom. The fourth-order valence-corrected chi connectivity index (χ4v) is 3.56. The van der Waals surface area contributed by atoms with Crippen LogP contribution in [0.5, 0.6) is 0 Å². The van der Waals surface area contributed by atoms with Crippen LogP contribution < -0.4 is 10.6 Å². The highest BCUT2D eigenvalue weighted by atomic mass is 32.2. The van der Waals surface area contributed by atoms with Gasteiger partial charge in [-0.3, -0.25) is 4.79 Å². The van der Waals surface area contributed by atoms with Crippen molar-refractivity contribution in [1.29, 1.82) is 0 Å². The van der Waals surface area contributed by atoms with Crippen LogP contribution in [-0.4, -0.2) is 47.1 Å². The Morgan fingerprint density at radius 3 is 2.61 bits per heavy atom. The van der Waals surface area contributed by atoms with Crippen LogP contribution in [0.1, 0.15) is 17.7 Å². The molecule has 3 N–H and O–H groups in total. The summed E-state index contributed by atoms with van der Waals surface area (Å²) in [5, 5.41) is 13.7. The van der Waals surface area contributed by atoms with Gasteiger partial charge in [-0.2, -0.15) is 0 Å². The number of rotatable bonds is 9. The van der Waals surface area contributed by atoms with E-state index in [4.69, 9.17) is 5.11 Å². The maximum Gasteiger partial charge on any atom is 0.405 e. The summed E-state index contributed by atoms with van der Waals surface area (Å²) in [6.45, 7) is 5.71. The molecule has 0 aliphatic heterocycles. The van der Waals surface area contributed by atoms with E-state index in [2.05, 4.69) is 22.2 Å². The summed E-state index contributed by atoms with van der Waals surface area (Å²) in [6, 6.07) is 5.25. The number of carbonyl (C=O) groups is 2. The molecule has 0 fully saturated rings.